The summed E-state index contributed by atoms with van der Waals surface area (Å²) in [5.41, 5.74) is 2.31. The molecule has 23 heavy (non-hydrogen) atoms. The van der Waals surface area contributed by atoms with Gasteiger partial charge in [-0.1, -0.05) is 6.07 Å². The minimum Gasteiger partial charge on any atom is -0.496 e. The number of ether oxygens (including phenoxy) is 1. The molecule has 3 aromatic rings. The number of aromatic amines is 1. The normalized spacial score (nSPS) is 10.7. The number of anilines is 2. The van der Waals surface area contributed by atoms with Gasteiger partial charge in [-0.2, -0.15) is 0 Å². The molecule has 2 heterocycles. The molecule has 1 aromatic carbocycles. The van der Waals surface area contributed by atoms with E-state index >= 15 is 0 Å². The summed E-state index contributed by atoms with van der Waals surface area (Å²) in [5, 5.41) is 4.51. The summed E-state index contributed by atoms with van der Waals surface area (Å²) >= 11 is 0. The topological polar surface area (TPSA) is 66.1 Å². The molecule has 120 valence electrons. The van der Waals surface area contributed by atoms with Gasteiger partial charge in [0.1, 0.15) is 5.75 Å². The van der Waals surface area contributed by atoms with E-state index in [1.165, 1.54) is 5.56 Å². The van der Waals surface area contributed by atoms with Gasteiger partial charge in [0.25, 0.3) is 0 Å². The lowest BCUT2D eigenvalue weighted by atomic mass is 10.1. The van der Waals surface area contributed by atoms with E-state index in [4.69, 9.17) is 4.74 Å². The van der Waals surface area contributed by atoms with Crippen LogP contribution in [0.1, 0.15) is 5.56 Å². The van der Waals surface area contributed by atoms with Crippen molar-refractivity contribution in [2.45, 2.75) is 6.42 Å². The maximum atomic E-state index is 5.47. The predicted octanol–water partition coefficient (Wildman–Crippen LogP) is 2.69. The molecule has 2 N–H and O–H groups in total. The molecular formula is C17H21N5O. The van der Waals surface area contributed by atoms with Gasteiger partial charge in [-0.15, -0.1) is 0 Å². The zero-order valence-electron chi connectivity index (χ0n) is 13.6. The van der Waals surface area contributed by atoms with Crippen molar-refractivity contribution in [1.29, 1.82) is 0 Å². The third-order valence-electron chi connectivity index (χ3n) is 3.76. The lowest BCUT2D eigenvalue weighted by Crippen LogP contribution is -2.16. The van der Waals surface area contributed by atoms with Gasteiger partial charge in [-0.25, -0.2) is 9.97 Å². The monoisotopic (exact) mass is 311 g/mol. The Morgan fingerprint density at radius 1 is 1.22 bits per heavy atom. The van der Waals surface area contributed by atoms with E-state index in [9.17, 15) is 0 Å². The highest BCUT2D eigenvalue weighted by atomic mass is 16.5. The second kappa shape index (κ2) is 6.56. The van der Waals surface area contributed by atoms with Gasteiger partial charge in [-0.3, -0.25) is 0 Å². The molecule has 0 aliphatic heterocycles. The van der Waals surface area contributed by atoms with E-state index in [1.54, 1.807) is 19.5 Å². The summed E-state index contributed by atoms with van der Waals surface area (Å²) in [7, 11) is 5.62. The van der Waals surface area contributed by atoms with E-state index in [-0.39, 0.29) is 0 Å². The van der Waals surface area contributed by atoms with E-state index < -0.39 is 0 Å². The van der Waals surface area contributed by atoms with Gasteiger partial charge < -0.3 is 19.9 Å². The Balaban J connectivity index is 1.75. The predicted molar refractivity (Wildman–Crippen MR) is 93.4 cm³/mol. The average molecular weight is 311 g/mol. The molecule has 0 spiro atoms. The van der Waals surface area contributed by atoms with Crippen LogP contribution in [0.2, 0.25) is 0 Å². The molecule has 0 fully saturated rings. The van der Waals surface area contributed by atoms with Crippen molar-refractivity contribution in [2.24, 2.45) is 0 Å². The molecule has 0 radical (unpaired) electrons. The fraction of sp³-hybridized carbons (Fsp3) is 0.294. The molecule has 0 bridgehead atoms. The summed E-state index contributed by atoms with van der Waals surface area (Å²) in [4.78, 5) is 14.0. The van der Waals surface area contributed by atoms with Gasteiger partial charge >= 0.3 is 0 Å². The summed E-state index contributed by atoms with van der Waals surface area (Å²) in [6.07, 6.45) is 6.30. The zero-order valence-corrected chi connectivity index (χ0v) is 13.6. The molecule has 0 unspecified atom stereocenters. The highest BCUT2D eigenvalue weighted by Crippen LogP contribution is 2.28. The first-order valence-electron chi connectivity index (χ1n) is 7.56. The number of hydrogen-bond donors (Lipinski definition) is 2. The summed E-state index contributed by atoms with van der Waals surface area (Å²) in [5.74, 6) is 2.53. The highest BCUT2D eigenvalue weighted by molar-refractivity contribution is 5.89. The maximum Gasteiger partial charge on any atom is 0.171 e. The molecule has 0 aliphatic rings. The minimum absolute atomic E-state index is 0.768. The first-order valence-corrected chi connectivity index (χ1v) is 7.56. The number of aromatic nitrogens is 3. The van der Waals surface area contributed by atoms with Gasteiger partial charge in [0.05, 0.1) is 7.11 Å². The fourth-order valence-corrected chi connectivity index (χ4v) is 2.69. The lowest BCUT2D eigenvalue weighted by Gasteiger charge is -2.15. The number of hydrogen-bond acceptors (Lipinski definition) is 5. The maximum absolute atomic E-state index is 5.47. The Hall–Kier alpha value is -2.76. The van der Waals surface area contributed by atoms with Crippen molar-refractivity contribution in [2.75, 3.05) is 38.0 Å². The molecule has 6 heteroatoms. The van der Waals surface area contributed by atoms with Crippen LogP contribution in [-0.4, -0.2) is 42.7 Å². The van der Waals surface area contributed by atoms with Crippen molar-refractivity contribution >= 4 is 22.5 Å². The van der Waals surface area contributed by atoms with E-state index in [2.05, 4.69) is 26.3 Å². The number of benzene rings is 1. The Bertz CT molecular complexity index is 797. The van der Waals surface area contributed by atoms with Crippen LogP contribution in [0.25, 0.3) is 10.9 Å². The van der Waals surface area contributed by atoms with E-state index in [1.807, 2.05) is 37.3 Å². The lowest BCUT2D eigenvalue weighted by molar-refractivity contribution is 0.419. The molecule has 0 aliphatic carbocycles. The summed E-state index contributed by atoms with van der Waals surface area (Å²) < 4.78 is 5.47. The Kier molecular flexibility index (Phi) is 4.32. The Labute approximate surface area is 135 Å². The van der Waals surface area contributed by atoms with Gasteiger partial charge in [-0.05, 0) is 24.1 Å². The van der Waals surface area contributed by atoms with Crippen LogP contribution in [0.3, 0.4) is 0 Å². The molecule has 3 rings (SSSR count). The van der Waals surface area contributed by atoms with Crippen LogP contribution >= 0.6 is 0 Å². The fourth-order valence-electron chi connectivity index (χ4n) is 2.69. The molecule has 0 amide bonds. The molecule has 0 saturated carbocycles. The van der Waals surface area contributed by atoms with Crippen LogP contribution < -0.4 is 15.0 Å². The van der Waals surface area contributed by atoms with E-state index in [0.29, 0.717) is 0 Å². The van der Waals surface area contributed by atoms with Gasteiger partial charge in [0.15, 0.2) is 11.6 Å². The SMILES string of the molecule is COc1cccc2[nH]cc(CCNc3nccnc3N(C)C)c12. The van der Waals surface area contributed by atoms with Crippen LogP contribution in [-0.2, 0) is 6.42 Å². The van der Waals surface area contributed by atoms with Gasteiger partial charge in [0, 0.05) is 50.1 Å². The molecule has 6 nitrogen and oxygen atoms in total. The highest BCUT2D eigenvalue weighted by Gasteiger charge is 2.10. The first-order chi connectivity index (χ1) is 11.2. The number of fused-ring (bicyclic) bond motifs is 1. The standard InChI is InChI=1S/C17H21N5O/c1-22(2)17-16(19-9-10-20-17)18-8-7-12-11-21-13-5-4-6-14(23-3)15(12)13/h4-6,9-11,21H,7-8H2,1-3H3,(H,18,19). The number of rotatable bonds is 6. The average Bonchev–Trinajstić information content (AvgIpc) is 2.98. The number of nitrogens with zero attached hydrogens (tertiary/aromatic N) is 3. The second-order valence-electron chi connectivity index (χ2n) is 5.50. The molecule has 2 aromatic heterocycles. The van der Waals surface area contributed by atoms with Crippen molar-refractivity contribution in [3.05, 3.63) is 42.4 Å². The second-order valence-corrected chi connectivity index (χ2v) is 5.50. The minimum atomic E-state index is 0.768. The van der Waals surface area contributed by atoms with Crippen molar-refractivity contribution in [3.8, 4) is 5.75 Å². The summed E-state index contributed by atoms with van der Waals surface area (Å²) in [6, 6.07) is 6.03. The molecular weight excluding hydrogens is 290 g/mol. The number of nitrogens with one attached hydrogen (secondary N) is 2. The smallest absolute Gasteiger partial charge is 0.171 e. The van der Waals surface area contributed by atoms with Crippen LogP contribution in [0, 0.1) is 0 Å². The van der Waals surface area contributed by atoms with Crippen molar-refractivity contribution < 1.29 is 4.74 Å². The van der Waals surface area contributed by atoms with Crippen molar-refractivity contribution in [3.63, 3.8) is 0 Å². The molecule has 0 atom stereocenters. The Morgan fingerprint density at radius 2 is 2.04 bits per heavy atom. The third-order valence-corrected chi connectivity index (χ3v) is 3.76. The largest absolute Gasteiger partial charge is 0.496 e. The number of methoxy groups -OCH3 is 1. The van der Waals surface area contributed by atoms with E-state index in [0.717, 1.165) is 41.3 Å². The first kappa shape index (κ1) is 15.1. The summed E-state index contributed by atoms with van der Waals surface area (Å²) in [6.45, 7) is 0.768. The van der Waals surface area contributed by atoms with Crippen LogP contribution in [0.15, 0.2) is 36.8 Å². The van der Waals surface area contributed by atoms with Crippen molar-refractivity contribution in [1.82, 2.24) is 15.0 Å². The van der Waals surface area contributed by atoms with Crippen LogP contribution in [0.5, 0.6) is 5.75 Å². The Morgan fingerprint density at radius 3 is 2.83 bits per heavy atom. The number of H-pyrrole nitrogens is 1. The molecule has 0 saturated heterocycles. The quantitative estimate of drug-likeness (QED) is 0.732. The van der Waals surface area contributed by atoms with Gasteiger partial charge in [0.2, 0.25) is 0 Å². The zero-order chi connectivity index (χ0) is 16.2. The third kappa shape index (κ3) is 3.06. The van der Waals surface area contributed by atoms with Crippen LogP contribution in [0.4, 0.5) is 11.6 Å².